The van der Waals surface area contributed by atoms with Gasteiger partial charge in [0.15, 0.2) is 17.1 Å². The van der Waals surface area contributed by atoms with Gasteiger partial charge in [0.2, 0.25) is 0 Å². The van der Waals surface area contributed by atoms with Crippen molar-refractivity contribution in [3.63, 3.8) is 0 Å². The smallest absolute Gasteiger partial charge is 0.285 e. The lowest BCUT2D eigenvalue weighted by atomic mass is 9.92. The fraction of sp³-hybridized carbons (Fsp3) is 0.294. The molecule has 27 heavy (non-hydrogen) atoms. The molecule has 3 rings (SSSR count). The highest BCUT2D eigenvalue weighted by molar-refractivity contribution is 6.32. The third kappa shape index (κ3) is 4.07. The Bertz CT molecular complexity index is 878. The molecule has 1 aliphatic heterocycles. The van der Waals surface area contributed by atoms with Crippen molar-refractivity contribution in [1.82, 2.24) is 15.6 Å². The van der Waals surface area contributed by atoms with Crippen LogP contribution in [0.1, 0.15) is 23.3 Å². The van der Waals surface area contributed by atoms with Gasteiger partial charge in [-0.3, -0.25) is 10.2 Å². The number of piperidine rings is 1. The molecule has 0 bridgehead atoms. The number of amides is 1. The van der Waals surface area contributed by atoms with Crippen LogP contribution in [0.3, 0.4) is 0 Å². The van der Waals surface area contributed by atoms with Gasteiger partial charge in [0.05, 0.1) is 5.02 Å². The molecule has 10 heteroatoms. The fourth-order valence-electron chi connectivity index (χ4n) is 2.79. The quantitative estimate of drug-likeness (QED) is 0.464. The van der Waals surface area contributed by atoms with Gasteiger partial charge in [-0.25, -0.2) is 10.2 Å². The van der Waals surface area contributed by atoms with Gasteiger partial charge in [-0.15, -0.1) is 10.2 Å². The second kappa shape index (κ2) is 7.73. The molecule has 0 atom stereocenters. The lowest BCUT2D eigenvalue weighted by molar-refractivity contribution is 0.0947. The van der Waals surface area contributed by atoms with Gasteiger partial charge in [0.25, 0.3) is 5.91 Å². The van der Waals surface area contributed by atoms with Crippen LogP contribution in [0.15, 0.2) is 30.3 Å². The summed E-state index contributed by atoms with van der Waals surface area (Å²) in [6.07, 6.45) is 0.728. The minimum absolute atomic E-state index is 0.105. The summed E-state index contributed by atoms with van der Waals surface area (Å²) in [6, 6.07) is 9.13. The topological polar surface area (TPSA) is 117 Å². The van der Waals surface area contributed by atoms with E-state index in [0.717, 1.165) is 0 Å². The van der Waals surface area contributed by atoms with E-state index in [-0.39, 0.29) is 16.5 Å². The Morgan fingerprint density at radius 2 is 2.07 bits per heavy atom. The molecule has 3 N–H and O–H groups in total. The van der Waals surface area contributed by atoms with Gasteiger partial charge < -0.3 is 9.64 Å². The second-order valence-electron chi connectivity index (χ2n) is 6.02. The number of halogens is 2. The maximum absolute atomic E-state index is 13.4. The summed E-state index contributed by atoms with van der Waals surface area (Å²) in [7, 11) is 0. The normalized spacial score (nSPS) is 15.7. The number of nitrogens with two attached hydrogens (primary N) is 1. The van der Waals surface area contributed by atoms with Crippen LogP contribution in [0.4, 0.5) is 10.2 Å². The van der Waals surface area contributed by atoms with Crippen molar-refractivity contribution in [2.75, 3.05) is 18.0 Å². The van der Waals surface area contributed by atoms with Gasteiger partial charge in [0.1, 0.15) is 17.6 Å². The molecule has 2 aromatic rings. The number of nitrogens with one attached hydrogen (secondary N) is 1. The summed E-state index contributed by atoms with van der Waals surface area (Å²) in [6.45, 7) is 0.940. The molecule has 140 valence electrons. The van der Waals surface area contributed by atoms with Crippen LogP contribution in [0.25, 0.3) is 0 Å². The summed E-state index contributed by atoms with van der Waals surface area (Å²) in [5.41, 5.74) is 0.980. The number of carbonyl (C=O) groups excluding carboxylic acids is 1. The highest BCUT2D eigenvalue weighted by Crippen LogP contribution is 2.34. The number of ether oxygens (including phenoxy) is 1. The van der Waals surface area contributed by atoms with Crippen LogP contribution in [-0.2, 0) is 0 Å². The number of nitrogen functional groups attached to an aromatic ring is 1. The summed E-state index contributed by atoms with van der Waals surface area (Å²) >= 11 is 6.04. The first-order valence-corrected chi connectivity index (χ1v) is 8.49. The fourth-order valence-corrected chi connectivity index (χ4v) is 2.94. The molecule has 2 heterocycles. The second-order valence-corrected chi connectivity index (χ2v) is 6.43. The molecule has 0 saturated carbocycles. The van der Waals surface area contributed by atoms with Crippen molar-refractivity contribution in [2.45, 2.75) is 18.4 Å². The number of rotatable bonds is 4. The molecule has 1 aromatic heterocycles. The zero-order chi connectivity index (χ0) is 19.4. The van der Waals surface area contributed by atoms with E-state index >= 15 is 0 Å². The standard InChI is InChI=1S/C17H16ClFN6O2/c18-12-2-1-11(19)9-14(12)27-17(10-20)5-7-25(8-6-17)15-4-3-13(23-24-15)16(26)22-21/h1-4,9H,5-8,21H2,(H,22,26). The number of nitrogens with zero attached hydrogens (tertiary/aromatic N) is 4. The van der Waals surface area contributed by atoms with E-state index in [4.69, 9.17) is 22.2 Å². The largest absolute Gasteiger partial charge is 0.471 e. The molecule has 0 unspecified atom stereocenters. The van der Waals surface area contributed by atoms with E-state index in [2.05, 4.69) is 16.3 Å². The maximum atomic E-state index is 13.4. The number of hydrogen-bond donors (Lipinski definition) is 2. The van der Waals surface area contributed by atoms with E-state index in [1.807, 2.05) is 10.3 Å². The Kier molecular flexibility index (Phi) is 5.39. The van der Waals surface area contributed by atoms with Crippen LogP contribution in [-0.4, -0.2) is 34.8 Å². The molecular weight excluding hydrogens is 375 g/mol. The first-order valence-electron chi connectivity index (χ1n) is 8.11. The minimum atomic E-state index is -1.11. The van der Waals surface area contributed by atoms with E-state index in [1.54, 1.807) is 6.07 Å². The van der Waals surface area contributed by atoms with Crippen molar-refractivity contribution in [1.29, 1.82) is 5.26 Å². The number of benzene rings is 1. The third-order valence-corrected chi connectivity index (χ3v) is 4.62. The first-order chi connectivity index (χ1) is 13.0. The predicted octanol–water partition coefficient (Wildman–Crippen LogP) is 1.81. The number of anilines is 1. The number of nitriles is 1. The average Bonchev–Trinajstić information content (AvgIpc) is 2.71. The lowest BCUT2D eigenvalue weighted by Gasteiger charge is -2.37. The van der Waals surface area contributed by atoms with E-state index in [1.165, 1.54) is 24.3 Å². The molecule has 1 amide bonds. The molecule has 1 fully saturated rings. The summed E-state index contributed by atoms with van der Waals surface area (Å²) in [5, 5.41) is 17.7. The summed E-state index contributed by atoms with van der Waals surface area (Å²) in [5.74, 6) is 4.75. The Hall–Kier alpha value is -2.96. The number of carbonyl (C=O) groups is 1. The van der Waals surface area contributed by atoms with Crippen molar-refractivity contribution in [3.8, 4) is 11.8 Å². The van der Waals surface area contributed by atoms with Crippen molar-refractivity contribution >= 4 is 23.3 Å². The highest BCUT2D eigenvalue weighted by Gasteiger charge is 2.38. The number of hydrazine groups is 1. The monoisotopic (exact) mass is 390 g/mol. The van der Waals surface area contributed by atoms with Crippen molar-refractivity contribution in [3.05, 3.63) is 46.9 Å². The van der Waals surface area contributed by atoms with E-state index in [0.29, 0.717) is 31.7 Å². The third-order valence-electron chi connectivity index (χ3n) is 4.31. The van der Waals surface area contributed by atoms with Gasteiger partial charge >= 0.3 is 0 Å². The molecular formula is C17H16ClFN6O2. The van der Waals surface area contributed by atoms with Crippen LogP contribution in [0, 0.1) is 17.1 Å². The number of aromatic nitrogens is 2. The molecule has 1 aromatic carbocycles. The van der Waals surface area contributed by atoms with Gasteiger partial charge in [-0.1, -0.05) is 11.6 Å². The summed E-state index contributed by atoms with van der Waals surface area (Å²) < 4.78 is 19.2. The zero-order valence-electron chi connectivity index (χ0n) is 14.2. The molecule has 0 spiro atoms. The average molecular weight is 391 g/mol. The van der Waals surface area contributed by atoms with Crippen LogP contribution in [0.5, 0.6) is 5.75 Å². The maximum Gasteiger partial charge on any atom is 0.285 e. The highest BCUT2D eigenvalue weighted by atomic mass is 35.5. The molecule has 0 radical (unpaired) electrons. The SMILES string of the molecule is N#CC1(Oc2cc(F)ccc2Cl)CCN(c2ccc(C(=O)NN)nn2)CC1. The lowest BCUT2D eigenvalue weighted by Crippen LogP contribution is -2.47. The van der Waals surface area contributed by atoms with Crippen LogP contribution in [0.2, 0.25) is 5.02 Å². The summed E-state index contributed by atoms with van der Waals surface area (Å²) in [4.78, 5) is 13.3. The Morgan fingerprint density at radius 1 is 1.33 bits per heavy atom. The Balaban J connectivity index is 1.70. The van der Waals surface area contributed by atoms with Crippen molar-refractivity contribution in [2.24, 2.45) is 5.84 Å². The molecule has 1 saturated heterocycles. The minimum Gasteiger partial charge on any atom is -0.471 e. The van der Waals surface area contributed by atoms with Gasteiger partial charge in [0, 0.05) is 32.0 Å². The molecule has 1 aliphatic rings. The molecule has 0 aliphatic carbocycles. The van der Waals surface area contributed by atoms with Gasteiger partial charge in [-0.05, 0) is 24.3 Å². The molecule has 8 nitrogen and oxygen atoms in total. The van der Waals surface area contributed by atoms with E-state index in [9.17, 15) is 14.4 Å². The Labute approximate surface area is 159 Å². The van der Waals surface area contributed by atoms with Crippen molar-refractivity contribution < 1.29 is 13.9 Å². The van der Waals surface area contributed by atoms with E-state index < -0.39 is 17.3 Å². The predicted molar refractivity (Wildman–Crippen MR) is 95.5 cm³/mol. The van der Waals surface area contributed by atoms with Crippen LogP contribution < -0.4 is 20.9 Å². The van der Waals surface area contributed by atoms with Gasteiger partial charge in [-0.2, -0.15) is 5.26 Å². The van der Waals surface area contributed by atoms with Crippen LogP contribution >= 0.6 is 11.6 Å². The Morgan fingerprint density at radius 3 is 2.67 bits per heavy atom. The zero-order valence-corrected chi connectivity index (χ0v) is 14.9. The first kappa shape index (κ1) is 18.8. The number of hydrogen-bond acceptors (Lipinski definition) is 7.